The van der Waals surface area contributed by atoms with E-state index in [1.165, 1.54) is 14.9 Å². The van der Waals surface area contributed by atoms with Crippen LogP contribution in [0.2, 0.25) is 0 Å². The van der Waals surface area contributed by atoms with Crippen LogP contribution >= 0.6 is 27.3 Å². The van der Waals surface area contributed by atoms with Crippen LogP contribution in [0, 0.1) is 0 Å². The van der Waals surface area contributed by atoms with Crippen LogP contribution in [0.5, 0.6) is 0 Å². The van der Waals surface area contributed by atoms with Crippen molar-refractivity contribution in [1.82, 2.24) is 15.2 Å². The molecule has 0 aliphatic rings. The maximum Gasteiger partial charge on any atom is 0.0701 e. The molecule has 19 heavy (non-hydrogen) atoms. The lowest BCUT2D eigenvalue weighted by molar-refractivity contribution is 0.315. The van der Waals surface area contributed by atoms with Crippen LogP contribution in [-0.4, -0.2) is 24.0 Å². The van der Waals surface area contributed by atoms with Crippen LogP contribution < -0.4 is 5.32 Å². The van der Waals surface area contributed by atoms with Gasteiger partial charge in [0, 0.05) is 25.8 Å². The molecule has 102 valence electrons. The molecule has 0 radical (unpaired) electrons. The Hall–Kier alpha value is -0.750. The van der Waals surface area contributed by atoms with Crippen molar-refractivity contribution in [2.75, 3.05) is 14.1 Å². The summed E-state index contributed by atoms with van der Waals surface area (Å²) in [6, 6.07) is 6.41. The first-order chi connectivity index (χ1) is 9.17. The first-order valence-corrected chi connectivity index (χ1v) is 7.84. The van der Waals surface area contributed by atoms with Gasteiger partial charge in [0.25, 0.3) is 0 Å². The maximum absolute atomic E-state index is 4.50. The third-order valence-electron chi connectivity index (χ3n) is 2.77. The van der Waals surface area contributed by atoms with Crippen molar-refractivity contribution in [3.8, 4) is 0 Å². The lowest BCUT2D eigenvalue weighted by Gasteiger charge is -2.15. The number of halogens is 1. The van der Waals surface area contributed by atoms with Crippen molar-refractivity contribution in [1.29, 1.82) is 0 Å². The third-order valence-corrected chi connectivity index (χ3v) is 4.33. The second kappa shape index (κ2) is 7.14. The fourth-order valence-corrected chi connectivity index (χ4v) is 3.13. The van der Waals surface area contributed by atoms with Gasteiger partial charge >= 0.3 is 0 Å². The summed E-state index contributed by atoms with van der Waals surface area (Å²) in [5.41, 5.74) is 3.67. The van der Waals surface area contributed by atoms with Gasteiger partial charge in [0.2, 0.25) is 0 Å². The third kappa shape index (κ3) is 4.69. The first kappa shape index (κ1) is 14.7. The standard InChI is InChI=1S/C14H18BrN3S/c1-16-6-11-3-4-13(17-7-11)9-18(2)8-12-5-14(15)19-10-12/h3-5,7,10,16H,6,8-9H2,1-2H3. The monoisotopic (exact) mass is 339 g/mol. The molecule has 0 aromatic carbocycles. The van der Waals surface area contributed by atoms with E-state index in [1.807, 2.05) is 13.2 Å². The van der Waals surface area contributed by atoms with E-state index in [1.54, 1.807) is 11.3 Å². The van der Waals surface area contributed by atoms with Gasteiger partial charge in [0.05, 0.1) is 9.48 Å². The number of hydrogen-bond acceptors (Lipinski definition) is 4. The van der Waals surface area contributed by atoms with Crippen LogP contribution in [-0.2, 0) is 19.6 Å². The van der Waals surface area contributed by atoms with E-state index in [0.29, 0.717) is 0 Å². The average Bonchev–Trinajstić information content (AvgIpc) is 2.77. The van der Waals surface area contributed by atoms with E-state index >= 15 is 0 Å². The molecule has 2 heterocycles. The molecule has 0 saturated heterocycles. The smallest absolute Gasteiger partial charge is 0.0701 e. The quantitative estimate of drug-likeness (QED) is 0.875. The summed E-state index contributed by atoms with van der Waals surface area (Å²) in [6.45, 7) is 2.68. The highest BCUT2D eigenvalue weighted by Gasteiger charge is 2.04. The zero-order chi connectivity index (χ0) is 13.7. The van der Waals surface area contributed by atoms with Crippen molar-refractivity contribution >= 4 is 27.3 Å². The zero-order valence-corrected chi connectivity index (χ0v) is 13.6. The van der Waals surface area contributed by atoms with E-state index in [2.05, 4.69) is 61.8 Å². The molecule has 0 bridgehead atoms. The van der Waals surface area contributed by atoms with E-state index < -0.39 is 0 Å². The second-order valence-corrected chi connectivity index (χ2v) is 6.91. The molecule has 0 aliphatic carbocycles. The highest BCUT2D eigenvalue weighted by molar-refractivity contribution is 9.11. The molecule has 2 rings (SSSR count). The zero-order valence-electron chi connectivity index (χ0n) is 11.2. The number of pyridine rings is 1. The fraction of sp³-hybridized carbons (Fsp3) is 0.357. The second-order valence-electron chi connectivity index (χ2n) is 4.62. The summed E-state index contributed by atoms with van der Waals surface area (Å²) in [4.78, 5) is 6.77. The topological polar surface area (TPSA) is 28.2 Å². The lowest BCUT2D eigenvalue weighted by atomic mass is 10.2. The van der Waals surface area contributed by atoms with Gasteiger partial charge in [0.1, 0.15) is 0 Å². The molecule has 1 N–H and O–H groups in total. The van der Waals surface area contributed by atoms with Gasteiger partial charge < -0.3 is 5.32 Å². The number of hydrogen-bond donors (Lipinski definition) is 1. The van der Waals surface area contributed by atoms with Gasteiger partial charge in [-0.1, -0.05) is 6.07 Å². The molecular formula is C14H18BrN3S. The molecule has 5 heteroatoms. The van der Waals surface area contributed by atoms with E-state index in [4.69, 9.17) is 0 Å². The van der Waals surface area contributed by atoms with Gasteiger partial charge in [-0.3, -0.25) is 9.88 Å². The molecule has 0 saturated carbocycles. The molecule has 0 atom stereocenters. The SMILES string of the molecule is CNCc1ccc(CN(C)Cc2csc(Br)c2)nc1. The molecule has 0 amide bonds. The number of rotatable bonds is 6. The summed E-state index contributed by atoms with van der Waals surface area (Å²) < 4.78 is 1.19. The fourth-order valence-electron chi connectivity index (χ4n) is 1.93. The van der Waals surface area contributed by atoms with Crippen LogP contribution in [0.3, 0.4) is 0 Å². The molecular weight excluding hydrogens is 322 g/mol. The first-order valence-electron chi connectivity index (χ1n) is 6.17. The van der Waals surface area contributed by atoms with Gasteiger partial charge in [-0.15, -0.1) is 11.3 Å². The summed E-state index contributed by atoms with van der Waals surface area (Å²) in [6.07, 6.45) is 1.95. The van der Waals surface area contributed by atoms with Gasteiger partial charge in [-0.2, -0.15) is 0 Å². The van der Waals surface area contributed by atoms with Gasteiger partial charge in [-0.25, -0.2) is 0 Å². The Kier molecular flexibility index (Phi) is 5.51. The van der Waals surface area contributed by atoms with E-state index in [-0.39, 0.29) is 0 Å². The normalized spacial score (nSPS) is 11.2. The van der Waals surface area contributed by atoms with Crippen LogP contribution in [0.1, 0.15) is 16.8 Å². The predicted molar refractivity (Wildman–Crippen MR) is 84.2 cm³/mol. The molecule has 2 aromatic rings. The van der Waals surface area contributed by atoms with Crippen molar-refractivity contribution < 1.29 is 0 Å². The number of nitrogens with one attached hydrogen (secondary N) is 1. The maximum atomic E-state index is 4.50. The molecule has 0 unspecified atom stereocenters. The Labute approximate surface area is 126 Å². The van der Waals surface area contributed by atoms with E-state index in [0.717, 1.165) is 25.3 Å². The van der Waals surface area contributed by atoms with Crippen molar-refractivity contribution in [3.05, 3.63) is 50.4 Å². The summed E-state index contributed by atoms with van der Waals surface area (Å²) >= 11 is 5.22. The summed E-state index contributed by atoms with van der Waals surface area (Å²) in [7, 11) is 4.06. The van der Waals surface area contributed by atoms with Crippen molar-refractivity contribution in [3.63, 3.8) is 0 Å². The molecule has 2 aromatic heterocycles. The van der Waals surface area contributed by atoms with Crippen molar-refractivity contribution in [2.24, 2.45) is 0 Å². The minimum atomic E-state index is 0.867. The van der Waals surface area contributed by atoms with Crippen LogP contribution in [0.25, 0.3) is 0 Å². The summed E-state index contributed by atoms with van der Waals surface area (Å²) in [5.74, 6) is 0. The van der Waals surface area contributed by atoms with Crippen molar-refractivity contribution in [2.45, 2.75) is 19.6 Å². The lowest BCUT2D eigenvalue weighted by Crippen LogP contribution is -2.17. The average molecular weight is 340 g/mol. The number of aromatic nitrogens is 1. The molecule has 0 aliphatic heterocycles. The summed E-state index contributed by atoms with van der Waals surface area (Å²) in [5, 5.41) is 5.31. The number of nitrogens with zero attached hydrogens (tertiary/aromatic N) is 2. The Morgan fingerprint density at radius 2 is 2.16 bits per heavy atom. The molecule has 3 nitrogen and oxygen atoms in total. The minimum Gasteiger partial charge on any atom is -0.316 e. The highest BCUT2D eigenvalue weighted by Crippen LogP contribution is 2.21. The Bertz CT molecular complexity index is 510. The Morgan fingerprint density at radius 1 is 1.32 bits per heavy atom. The van der Waals surface area contributed by atoms with Gasteiger partial charge in [-0.05, 0) is 58.7 Å². The van der Waals surface area contributed by atoms with Crippen LogP contribution in [0.15, 0.2) is 33.6 Å². The predicted octanol–water partition coefficient (Wildman–Crippen LogP) is 3.26. The Morgan fingerprint density at radius 3 is 2.74 bits per heavy atom. The van der Waals surface area contributed by atoms with Crippen LogP contribution in [0.4, 0.5) is 0 Å². The molecule has 0 spiro atoms. The number of thiophene rings is 1. The van der Waals surface area contributed by atoms with E-state index in [9.17, 15) is 0 Å². The highest BCUT2D eigenvalue weighted by atomic mass is 79.9. The Balaban J connectivity index is 1.89. The van der Waals surface area contributed by atoms with Gasteiger partial charge in [0.15, 0.2) is 0 Å². The molecule has 0 fully saturated rings. The largest absolute Gasteiger partial charge is 0.316 e. The minimum absolute atomic E-state index is 0.867.